The van der Waals surface area contributed by atoms with Crippen LogP contribution in [-0.4, -0.2) is 76.0 Å². The number of phenols is 1. The fraction of sp³-hybridized carbons (Fsp3) is 0.367. The van der Waals surface area contributed by atoms with Crippen molar-refractivity contribution in [3.05, 3.63) is 64.7 Å². The highest BCUT2D eigenvalue weighted by molar-refractivity contribution is 6.33. The zero-order chi connectivity index (χ0) is 30.9. The van der Waals surface area contributed by atoms with Gasteiger partial charge in [-0.1, -0.05) is 30.3 Å². The molecule has 0 spiro atoms. The van der Waals surface area contributed by atoms with E-state index in [-0.39, 0.29) is 35.3 Å². The fourth-order valence-electron chi connectivity index (χ4n) is 7.35. The Morgan fingerprint density at radius 3 is 2.26 bits per heavy atom. The number of hydrogen-bond acceptors (Lipinski definition) is 11. The Morgan fingerprint density at radius 1 is 1.05 bits per heavy atom. The van der Waals surface area contributed by atoms with Crippen LogP contribution in [0.1, 0.15) is 38.3 Å². The summed E-state index contributed by atoms with van der Waals surface area (Å²) in [5.41, 5.74) is 12.6. The van der Waals surface area contributed by atoms with E-state index in [0.717, 1.165) is 6.07 Å². The van der Waals surface area contributed by atoms with Crippen LogP contribution < -0.4 is 17.2 Å². The third-order valence-electron chi connectivity index (χ3n) is 8.98. The lowest BCUT2D eigenvalue weighted by Gasteiger charge is -2.60. The van der Waals surface area contributed by atoms with E-state index in [1.807, 2.05) is 0 Å². The molecule has 216 valence electrons. The number of Topliss-reactive ketones (excluding diaryl/α,β-unsaturated/α-hetero) is 5. The number of carbonyl (C=O) groups excluding carboxylic acids is 6. The van der Waals surface area contributed by atoms with E-state index >= 15 is 0 Å². The molecule has 0 radical (unpaired) electrons. The van der Waals surface area contributed by atoms with Gasteiger partial charge in [-0.25, -0.2) is 0 Å². The summed E-state index contributed by atoms with van der Waals surface area (Å²) in [6, 6.07) is 11.5. The van der Waals surface area contributed by atoms with Gasteiger partial charge in [0.05, 0.1) is 23.2 Å². The summed E-state index contributed by atoms with van der Waals surface area (Å²) in [6.07, 6.45) is -0.884. The number of primary amides is 1. The lowest BCUT2D eigenvalue weighted by molar-refractivity contribution is -0.166. The number of ketones is 5. The maximum Gasteiger partial charge on any atom is 0.235 e. The molecule has 2 fully saturated rings. The summed E-state index contributed by atoms with van der Waals surface area (Å²) >= 11 is 0. The summed E-state index contributed by atoms with van der Waals surface area (Å²) < 4.78 is 0. The van der Waals surface area contributed by atoms with Gasteiger partial charge in [-0.2, -0.15) is 5.26 Å². The first-order chi connectivity index (χ1) is 19.7. The van der Waals surface area contributed by atoms with Crippen LogP contribution in [-0.2, 0) is 32.0 Å². The fourth-order valence-corrected chi connectivity index (χ4v) is 7.35. The predicted molar refractivity (Wildman–Crippen MR) is 146 cm³/mol. The van der Waals surface area contributed by atoms with Crippen LogP contribution in [0.4, 0.5) is 0 Å². The van der Waals surface area contributed by atoms with Gasteiger partial charge in [-0.3, -0.25) is 33.7 Å². The number of aromatic hydroxyl groups is 1. The summed E-state index contributed by atoms with van der Waals surface area (Å²) in [5, 5.41) is 21.2. The minimum Gasteiger partial charge on any atom is -0.507 e. The van der Waals surface area contributed by atoms with Gasteiger partial charge in [-0.05, 0) is 50.2 Å². The molecule has 42 heavy (non-hydrogen) atoms. The number of rotatable bonds is 5. The van der Waals surface area contributed by atoms with Crippen molar-refractivity contribution in [3.63, 3.8) is 0 Å². The average Bonchev–Trinajstić information content (AvgIpc) is 2.88. The Bertz CT molecular complexity index is 1650. The van der Waals surface area contributed by atoms with E-state index in [9.17, 15) is 39.1 Å². The summed E-state index contributed by atoms with van der Waals surface area (Å²) in [5.74, 6) is -10.9. The molecule has 2 unspecified atom stereocenters. The molecule has 2 aromatic carbocycles. The molecule has 12 heteroatoms. The Labute approximate surface area is 240 Å². The highest BCUT2D eigenvalue weighted by Crippen LogP contribution is 2.56. The first kappa shape index (κ1) is 28.9. The van der Waals surface area contributed by atoms with Crippen molar-refractivity contribution >= 4 is 34.8 Å². The first-order valence-electron chi connectivity index (χ1n) is 13.2. The molecule has 5 rings (SSSR count). The SMILES string of the molecule is CN(C)[C@@H]1C(=O)C(C(N)=O)C(=O)[C@@]2(C#N)C(=O)C3C(=O)c4c(O)ccc(C(=O)Cc5ccccc5)c4C[C@@]3(N)C[C@@]12N. The molecular formula is C30H29N5O7. The van der Waals surface area contributed by atoms with Gasteiger partial charge >= 0.3 is 0 Å². The Kier molecular flexibility index (Phi) is 6.54. The number of amides is 1. The van der Waals surface area contributed by atoms with Crippen LogP contribution in [0.5, 0.6) is 5.75 Å². The Balaban J connectivity index is 1.71. The number of nitrogens with zero attached hydrogens (tertiary/aromatic N) is 2. The second kappa shape index (κ2) is 9.49. The van der Waals surface area contributed by atoms with Crippen molar-refractivity contribution in [1.29, 1.82) is 5.26 Å². The van der Waals surface area contributed by atoms with Crippen molar-refractivity contribution in [1.82, 2.24) is 4.90 Å². The number of phenolic OH excluding ortho intramolecular Hbond substituents is 1. The topological polar surface area (TPSA) is 228 Å². The molecule has 3 aliphatic carbocycles. The summed E-state index contributed by atoms with van der Waals surface area (Å²) in [6.45, 7) is 0. The highest BCUT2D eigenvalue weighted by atomic mass is 16.3. The normalized spacial score (nSPS) is 32.0. The molecule has 7 N–H and O–H groups in total. The predicted octanol–water partition coefficient (Wildman–Crippen LogP) is -0.766. The van der Waals surface area contributed by atoms with Crippen LogP contribution >= 0.6 is 0 Å². The van der Waals surface area contributed by atoms with Crippen molar-refractivity contribution < 1.29 is 33.9 Å². The van der Waals surface area contributed by atoms with Crippen molar-refractivity contribution in [2.45, 2.75) is 36.4 Å². The standard InChI is InChI=1S/C30H29N5O7/c1-35(2)24-23(39)20(27(32)42)25(40)29(13-31)26(41)21-22(38)19-16(11-28(21,33)12-30(24,29)34)15(8-9-17(19)36)18(37)10-14-6-4-3-5-7-14/h3-9,20-21,24,36H,10-12,33-34H2,1-2H3,(H2,32,42)/t20?,21?,24-,28-,29+,30-/m1/s1. The van der Waals surface area contributed by atoms with Crippen LogP contribution in [0.2, 0.25) is 0 Å². The minimum absolute atomic E-state index is 0.0231. The van der Waals surface area contributed by atoms with Crippen LogP contribution in [0.3, 0.4) is 0 Å². The lowest BCUT2D eigenvalue weighted by Crippen LogP contribution is -2.85. The largest absolute Gasteiger partial charge is 0.507 e. The molecule has 0 saturated heterocycles. The number of carbonyl (C=O) groups is 6. The number of fused-ring (bicyclic) bond motifs is 3. The van der Waals surface area contributed by atoms with E-state index in [2.05, 4.69) is 0 Å². The summed E-state index contributed by atoms with van der Waals surface area (Å²) in [4.78, 5) is 82.6. The van der Waals surface area contributed by atoms with Gasteiger partial charge in [0.15, 0.2) is 40.2 Å². The van der Waals surface area contributed by atoms with E-state index < -0.39 is 75.6 Å². The molecule has 0 bridgehead atoms. The second-order valence-electron chi connectivity index (χ2n) is 11.7. The molecular weight excluding hydrogens is 542 g/mol. The maximum absolute atomic E-state index is 14.3. The smallest absolute Gasteiger partial charge is 0.235 e. The zero-order valence-corrected chi connectivity index (χ0v) is 22.9. The molecule has 0 aromatic heterocycles. The van der Waals surface area contributed by atoms with Crippen molar-refractivity contribution in [3.8, 4) is 11.8 Å². The number of hydrogen-bond donors (Lipinski definition) is 4. The lowest BCUT2D eigenvalue weighted by atomic mass is 9.42. The minimum atomic E-state index is -2.83. The van der Waals surface area contributed by atoms with Crippen LogP contribution in [0, 0.1) is 28.6 Å². The number of nitriles is 1. The van der Waals surface area contributed by atoms with E-state index in [0.29, 0.717) is 5.56 Å². The number of benzene rings is 2. The molecule has 3 aliphatic rings. The molecule has 12 nitrogen and oxygen atoms in total. The quantitative estimate of drug-likeness (QED) is 0.257. The average molecular weight is 572 g/mol. The van der Waals surface area contributed by atoms with Gasteiger partial charge in [0.2, 0.25) is 5.91 Å². The number of nitrogens with two attached hydrogens (primary N) is 3. The number of likely N-dealkylation sites (N-methyl/N-ethyl adjacent to an activating group) is 1. The monoisotopic (exact) mass is 571 g/mol. The van der Waals surface area contributed by atoms with Gasteiger partial charge in [0.25, 0.3) is 0 Å². The third kappa shape index (κ3) is 3.64. The molecule has 0 heterocycles. The molecule has 2 saturated carbocycles. The Hall–Kier alpha value is -4.57. The van der Waals surface area contributed by atoms with Crippen LogP contribution in [0.15, 0.2) is 42.5 Å². The van der Waals surface area contributed by atoms with Gasteiger partial charge in [0.1, 0.15) is 11.7 Å². The van der Waals surface area contributed by atoms with E-state index in [4.69, 9.17) is 17.2 Å². The molecule has 0 aliphatic heterocycles. The highest BCUT2D eigenvalue weighted by Gasteiger charge is 2.78. The van der Waals surface area contributed by atoms with Gasteiger partial charge in [-0.15, -0.1) is 0 Å². The van der Waals surface area contributed by atoms with Crippen LogP contribution in [0.25, 0.3) is 0 Å². The van der Waals surface area contributed by atoms with Gasteiger partial charge < -0.3 is 22.3 Å². The zero-order valence-electron chi connectivity index (χ0n) is 22.9. The maximum atomic E-state index is 14.3. The van der Waals surface area contributed by atoms with E-state index in [1.54, 1.807) is 36.4 Å². The molecule has 1 amide bonds. The molecule has 2 aromatic rings. The third-order valence-corrected chi connectivity index (χ3v) is 8.98. The summed E-state index contributed by atoms with van der Waals surface area (Å²) in [7, 11) is 2.85. The van der Waals surface area contributed by atoms with Crippen molar-refractivity contribution in [2.24, 2.45) is 34.5 Å². The first-order valence-corrected chi connectivity index (χ1v) is 13.2. The van der Waals surface area contributed by atoms with Crippen molar-refractivity contribution in [2.75, 3.05) is 14.1 Å². The van der Waals surface area contributed by atoms with Gasteiger partial charge in [0, 0.05) is 17.5 Å². The molecule has 6 atom stereocenters. The second-order valence-corrected chi connectivity index (χ2v) is 11.7. The Morgan fingerprint density at radius 2 is 1.69 bits per heavy atom. The van der Waals surface area contributed by atoms with E-state index in [1.165, 1.54) is 25.1 Å².